The van der Waals surface area contributed by atoms with E-state index in [1.165, 1.54) is 0 Å². The summed E-state index contributed by atoms with van der Waals surface area (Å²) in [5.41, 5.74) is 0.600. The molecule has 0 spiro atoms. The molecule has 5 nitrogen and oxygen atoms in total. The zero-order chi connectivity index (χ0) is 14.4. The van der Waals surface area contributed by atoms with Crippen LogP contribution < -0.4 is 10.6 Å². The highest BCUT2D eigenvalue weighted by Crippen LogP contribution is 2.22. The van der Waals surface area contributed by atoms with Crippen molar-refractivity contribution in [1.29, 1.82) is 0 Å². The van der Waals surface area contributed by atoms with Crippen LogP contribution in [0.15, 0.2) is 18.3 Å². The third kappa shape index (κ3) is 3.48. The van der Waals surface area contributed by atoms with Gasteiger partial charge < -0.3 is 15.4 Å². The number of anilines is 1. The van der Waals surface area contributed by atoms with Crippen molar-refractivity contribution in [3.05, 3.63) is 23.9 Å². The smallest absolute Gasteiger partial charge is 0.255 e. The van der Waals surface area contributed by atoms with E-state index in [9.17, 15) is 4.79 Å². The highest BCUT2D eigenvalue weighted by molar-refractivity contribution is 5.98. The Labute approximate surface area is 120 Å². The number of rotatable bonds is 6. The van der Waals surface area contributed by atoms with Crippen molar-refractivity contribution in [2.45, 2.75) is 44.8 Å². The SMILES string of the molecule is CCCNc1ncccc1C(=O)NC1CCCC1OC. The van der Waals surface area contributed by atoms with E-state index < -0.39 is 0 Å². The van der Waals surface area contributed by atoms with Gasteiger partial charge in [0.15, 0.2) is 0 Å². The van der Waals surface area contributed by atoms with Crippen LogP contribution in [0.3, 0.4) is 0 Å². The van der Waals surface area contributed by atoms with Gasteiger partial charge >= 0.3 is 0 Å². The summed E-state index contributed by atoms with van der Waals surface area (Å²) in [6, 6.07) is 3.69. The van der Waals surface area contributed by atoms with Crippen LogP contribution in [-0.4, -0.2) is 36.7 Å². The number of amides is 1. The van der Waals surface area contributed by atoms with Gasteiger partial charge in [-0.3, -0.25) is 4.79 Å². The predicted octanol–water partition coefficient (Wildman–Crippen LogP) is 2.20. The van der Waals surface area contributed by atoms with Crippen LogP contribution in [-0.2, 0) is 4.74 Å². The van der Waals surface area contributed by atoms with Gasteiger partial charge in [0.25, 0.3) is 5.91 Å². The van der Waals surface area contributed by atoms with Crippen molar-refractivity contribution in [2.75, 3.05) is 19.0 Å². The molecular weight excluding hydrogens is 254 g/mol. The molecule has 1 aliphatic rings. The molecule has 2 atom stereocenters. The van der Waals surface area contributed by atoms with Crippen LogP contribution in [0, 0.1) is 0 Å². The van der Waals surface area contributed by atoms with E-state index >= 15 is 0 Å². The van der Waals surface area contributed by atoms with Gasteiger partial charge in [0, 0.05) is 19.9 Å². The first-order chi connectivity index (χ1) is 9.76. The lowest BCUT2D eigenvalue weighted by Gasteiger charge is -2.20. The van der Waals surface area contributed by atoms with Crippen LogP contribution in [0.2, 0.25) is 0 Å². The molecule has 5 heteroatoms. The van der Waals surface area contributed by atoms with E-state index in [2.05, 4.69) is 22.5 Å². The zero-order valence-electron chi connectivity index (χ0n) is 12.2. The number of aromatic nitrogens is 1. The summed E-state index contributed by atoms with van der Waals surface area (Å²) in [6.07, 6.45) is 5.89. The molecule has 0 aromatic carbocycles. The molecular formula is C15H23N3O2. The van der Waals surface area contributed by atoms with E-state index in [0.717, 1.165) is 32.2 Å². The van der Waals surface area contributed by atoms with Gasteiger partial charge in [-0.1, -0.05) is 6.92 Å². The topological polar surface area (TPSA) is 63.2 Å². The molecule has 0 aliphatic heterocycles. The van der Waals surface area contributed by atoms with Crippen molar-refractivity contribution >= 4 is 11.7 Å². The molecule has 2 N–H and O–H groups in total. The molecule has 0 bridgehead atoms. The second-order valence-corrected chi connectivity index (χ2v) is 5.11. The Kier molecular flexibility index (Phi) is 5.35. The van der Waals surface area contributed by atoms with Gasteiger partial charge in [-0.15, -0.1) is 0 Å². The minimum absolute atomic E-state index is 0.0781. The molecule has 1 saturated carbocycles. The van der Waals surface area contributed by atoms with Gasteiger partial charge in [0.1, 0.15) is 5.82 Å². The largest absolute Gasteiger partial charge is 0.379 e. The van der Waals surface area contributed by atoms with Crippen molar-refractivity contribution in [3.8, 4) is 0 Å². The van der Waals surface area contributed by atoms with Crippen LogP contribution in [0.1, 0.15) is 43.0 Å². The number of carbonyl (C=O) groups is 1. The first kappa shape index (κ1) is 14.8. The van der Waals surface area contributed by atoms with E-state index in [1.807, 2.05) is 0 Å². The second kappa shape index (κ2) is 7.24. The summed E-state index contributed by atoms with van der Waals surface area (Å²) < 4.78 is 5.41. The number of ether oxygens (including phenoxy) is 1. The van der Waals surface area contributed by atoms with Crippen LogP contribution in [0.25, 0.3) is 0 Å². The number of carbonyl (C=O) groups excluding carboxylic acids is 1. The summed E-state index contributed by atoms with van der Waals surface area (Å²) in [7, 11) is 1.70. The summed E-state index contributed by atoms with van der Waals surface area (Å²) in [4.78, 5) is 16.6. The molecule has 0 saturated heterocycles. The fourth-order valence-electron chi connectivity index (χ4n) is 2.59. The fraction of sp³-hybridized carbons (Fsp3) is 0.600. The van der Waals surface area contributed by atoms with Crippen LogP contribution in [0.4, 0.5) is 5.82 Å². The summed E-state index contributed by atoms with van der Waals surface area (Å²) in [5.74, 6) is 0.574. The van der Waals surface area contributed by atoms with Gasteiger partial charge in [0.05, 0.1) is 17.7 Å². The fourth-order valence-corrected chi connectivity index (χ4v) is 2.59. The van der Waals surface area contributed by atoms with Gasteiger partial charge in [0.2, 0.25) is 0 Å². The van der Waals surface area contributed by atoms with Crippen LogP contribution in [0.5, 0.6) is 0 Å². The normalized spacial score (nSPS) is 21.7. The van der Waals surface area contributed by atoms with E-state index in [4.69, 9.17) is 4.74 Å². The highest BCUT2D eigenvalue weighted by Gasteiger charge is 2.29. The number of hydrogen-bond acceptors (Lipinski definition) is 4. The Morgan fingerprint density at radius 1 is 1.50 bits per heavy atom. The number of nitrogens with zero attached hydrogens (tertiary/aromatic N) is 1. The molecule has 1 amide bonds. The van der Waals surface area contributed by atoms with Crippen molar-refractivity contribution in [3.63, 3.8) is 0 Å². The van der Waals surface area contributed by atoms with E-state index in [-0.39, 0.29) is 18.1 Å². The van der Waals surface area contributed by atoms with E-state index in [1.54, 1.807) is 25.4 Å². The molecule has 1 fully saturated rings. The maximum Gasteiger partial charge on any atom is 0.255 e. The van der Waals surface area contributed by atoms with E-state index in [0.29, 0.717) is 11.4 Å². The Morgan fingerprint density at radius 3 is 3.10 bits per heavy atom. The Morgan fingerprint density at radius 2 is 2.35 bits per heavy atom. The molecule has 0 radical (unpaired) electrons. The molecule has 2 rings (SSSR count). The molecule has 20 heavy (non-hydrogen) atoms. The molecule has 1 aromatic rings. The van der Waals surface area contributed by atoms with Gasteiger partial charge in [-0.2, -0.15) is 0 Å². The lowest BCUT2D eigenvalue weighted by atomic mass is 10.1. The molecule has 110 valence electrons. The average Bonchev–Trinajstić information content (AvgIpc) is 2.92. The molecule has 1 aliphatic carbocycles. The quantitative estimate of drug-likeness (QED) is 0.836. The highest BCUT2D eigenvalue weighted by atomic mass is 16.5. The third-order valence-corrected chi connectivity index (χ3v) is 3.67. The van der Waals surface area contributed by atoms with Crippen LogP contribution >= 0.6 is 0 Å². The Balaban J connectivity index is 2.05. The third-order valence-electron chi connectivity index (χ3n) is 3.67. The minimum Gasteiger partial charge on any atom is -0.379 e. The number of pyridine rings is 1. The first-order valence-corrected chi connectivity index (χ1v) is 7.28. The maximum absolute atomic E-state index is 12.4. The standard InChI is InChI=1S/C15H23N3O2/c1-3-9-16-14-11(6-5-10-17-14)15(19)18-12-7-4-8-13(12)20-2/h5-6,10,12-13H,3-4,7-9H2,1-2H3,(H,16,17)(H,18,19). The summed E-state index contributed by atoms with van der Waals surface area (Å²) >= 11 is 0. The Bertz CT molecular complexity index is 450. The molecule has 2 unspecified atom stereocenters. The average molecular weight is 277 g/mol. The minimum atomic E-state index is -0.0781. The Hall–Kier alpha value is -1.62. The first-order valence-electron chi connectivity index (χ1n) is 7.28. The molecule has 1 heterocycles. The molecule has 1 aromatic heterocycles. The maximum atomic E-state index is 12.4. The lowest BCUT2D eigenvalue weighted by molar-refractivity contribution is 0.0722. The summed E-state index contributed by atoms with van der Waals surface area (Å²) in [5, 5.41) is 6.26. The van der Waals surface area contributed by atoms with Gasteiger partial charge in [-0.25, -0.2) is 4.98 Å². The monoisotopic (exact) mass is 277 g/mol. The predicted molar refractivity (Wildman–Crippen MR) is 78.9 cm³/mol. The number of methoxy groups -OCH3 is 1. The summed E-state index contributed by atoms with van der Waals surface area (Å²) in [6.45, 7) is 2.89. The zero-order valence-corrected chi connectivity index (χ0v) is 12.2. The number of hydrogen-bond donors (Lipinski definition) is 2. The van der Waals surface area contributed by atoms with Crippen molar-refractivity contribution in [2.24, 2.45) is 0 Å². The lowest BCUT2D eigenvalue weighted by Crippen LogP contribution is -2.41. The second-order valence-electron chi connectivity index (χ2n) is 5.11. The van der Waals surface area contributed by atoms with Crippen molar-refractivity contribution < 1.29 is 9.53 Å². The van der Waals surface area contributed by atoms with Crippen molar-refractivity contribution in [1.82, 2.24) is 10.3 Å². The number of nitrogens with one attached hydrogen (secondary N) is 2. The van der Waals surface area contributed by atoms with Gasteiger partial charge in [-0.05, 0) is 37.8 Å².